The van der Waals surface area contributed by atoms with E-state index in [4.69, 9.17) is 0 Å². The second-order valence-corrected chi connectivity index (χ2v) is 5.22. The number of anilines is 1. The first-order valence-electron chi connectivity index (χ1n) is 7.33. The smallest absolute Gasteiger partial charge is 0.330 e. The molecular weight excluding hydrogens is 328 g/mol. The van der Waals surface area contributed by atoms with Crippen molar-refractivity contribution in [1.29, 1.82) is 0 Å². The van der Waals surface area contributed by atoms with Crippen LogP contribution in [0, 0.1) is 10.1 Å². The molecule has 2 aromatic rings. The van der Waals surface area contributed by atoms with E-state index >= 15 is 0 Å². The van der Waals surface area contributed by atoms with Gasteiger partial charge in [-0.2, -0.15) is 0 Å². The van der Waals surface area contributed by atoms with Crippen LogP contribution in [0.1, 0.15) is 18.5 Å². The van der Waals surface area contributed by atoms with Crippen molar-refractivity contribution in [2.45, 2.75) is 19.0 Å². The van der Waals surface area contributed by atoms with E-state index in [1.165, 1.54) is 19.1 Å². The summed E-state index contributed by atoms with van der Waals surface area (Å²) in [7, 11) is 0. The fourth-order valence-electron chi connectivity index (χ4n) is 2.07. The Morgan fingerprint density at radius 1 is 1.20 bits per heavy atom. The number of carboxylic acids is 1. The fourth-order valence-corrected chi connectivity index (χ4v) is 2.07. The number of nitrogens with zero attached hydrogens (tertiary/aromatic N) is 2. The van der Waals surface area contributed by atoms with Crippen LogP contribution in [-0.2, 0) is 9.59 Å². The van der Waals surface area contributed by atoms with Crippen LogP contribution >= 0.6 is 0 Å². The third-order valence-corrected chi connectivity index (χ3v) is 3.38. The van der Waals surface area contributed by atoms with Gasteiger partial charge in [-0.1, -0.05) is 30.3 Å². The highest BCUT2D eigenvalue weighted by Crippen LogP contribution is 2.15. The van der Waals surface area contributed by atoms with E-state index in [9.17, 15) is 24.8 Å². The van der Waals surface area contributed by atoms with Gasteiger partial charge < -0.3 is 15.7 Å². The Kier molecular flexibility index (Phi) is 5.62. The summed E-state index contributed by atoms with van der Waals surface area (Å²) in [5, 5.41) is 25.1. The van der Waals surface area contributed by atoms with Crippen molar-refractivity contribution < 1.29 is 19.6 Å². The summed E-state index contributed by atoms with van der Waals surface area (Å²) in [6.07, 6.45) is 1.07. The van der Waals surface area contributed by atoms with E-state index < -0.39 is 28.9 Å². The van der Waals surface area contributed by atoms with Crippen molar-refractivity contribution in [2.24, 2.45) is 0 Å². The van der Waals surface area contributed by atoms with E-state index in [-0.39, 0.29) is 11.5 Å². The molecule has 0 spiro atoms. The third-order valence-electron chi connectivity index (χ3n) is 3.38. The molecule has 0 fully saturated rings. The highest BCUT2D eigenvalue weighted by Gasteiger charge is 2.24. The molecule has 0 saturated carbocycles. The monoisotopic (exact) mass is 344 g/mol. The van der Waals surface area contributed by atoms with Crippen molar-refractivity contribution >= 4 is 23.4 Å². The number of pyridine rings is 1. The predicted octanol–water partition coefficient (Wildman–Crippen LogP) is 1.73. The summed E-state index contributed by atoms with van der Waals surface area (Å²) < 4.78 is 0. The molecule has 9 heteroatoms. The van der Waals surface area contributed by atoms with E-state index in [0.717, 1.165) is 6.20 Å². The zero-order chi connectivity index (χ0) is 18.4. The van der Waals surface area contributed by atoms with Crippen LogP contribution in [0.4, 0.5) is 11.5 Å². The quantitative estimate of drug-likeness (QED) is 0.514. The molecule has 2 rings (SSSR count). The number of amides is 1. The molecule has 1 heterocycles. The van der Waals surface area contributed by atoms with Gasteiger partial charge in [-0.15, -0.1) is 0 Å². The van der Waals surface area contributed by atoms with Gasteiger partial charge in [-0.25, -0.2) is 9.78 Å². The van der Waals surface area contributed by atoms with Gasteiger partial charge in [0.25, 0.3) is 5.69 Å². The minimum atomic E-state index is -1.18. The normalized spacial score (nSPS) is 12.7. The molecule has 9 nitrogen and oxygen atoms in total. The molecule has 0 aliphatic carbocycles. The number of rotatable bonds is 7. The summed E-state index contributed by atoms with van der Waals surface area (Å²) in [4.78, 5) is 37.5. The molecule has 1 aromatic heterocycles. The summed E-state index contributed by atoms with van der Waals surface area (Å²) in [6, 6.07) is 8.97. The van der Waals surface area contributed by atoms with Crippen LogP contribution in [-0.4, -0.2) is 32.9 Å². The number of nitro groups is 1. The minimum Gasteiger partial charge on any atom is -0.479 e. The number of carboxylic acid groups (broad SMARTS) is 1. The molecule has 0 radical (unpaired) electrons. The molecule has 0 saturated heterocycles. The molecule has 0 bridgehead atoms. The van der Waals surface area contributed by atoms with Crippen LogP contribution in [0.2, 0.25) is 0 Å². The Hall–Kier alpha value is -3.49. The SMILES string of the molecule is CC(Nc1ccc([N+](=O)[O-])cn1)C(=O)NC(C(=O)O)c1ccccc1. The molecule has 25 heavy (non-hydrogen) atoms. The van der Waals surface area contributed by atoms with Crippen LogP contribution < -0.4 is 10.6 Å². The summed E-state index contributed by atoms with van der Waals surface area (Å²) in [6.45, 7) is 1.53. The fraction of sp³-hybridized carbons (Fsp3) is 0.188. The van der Waals surface area contributed by atoms with Crippen LogP contribution in [0.25, 0.3) is 0 Å². The second-order valence-electron chi connectivity index (χ2n) is 5.22. The van der Waals surface area contributed by atoms with Crippen molar-refractivity contribution in [1.82, 2.24) is 10.3 Å². The average molecular weight is 344 g/mol. The first-order chi connectivity index (χ1) is 11.9. The maximum absolute atomic E-state index is 12.2. The van der Waals surface area contributed by atoms with Crippen LogP contribution in [0.15, 0.2) is 48.7 Å². The van der Waals surface area contributed by atoms with Gasteiger partial charge in [-0.3, -0.25) is 14.9 Å². The van der Waals surface area contributed by atoms with E-state index in [1.807, 2.05) is 0 Å². The average Bonchev–Trinajstić information content (AvgIpc) is 2.60. The maximum atomic E-state index is 12.2. The van der Waals surface area contributed by atoms with E-state index in [1.54, 1.807) is 30.3 Å². The number of nitrogens with one attached hydrogen (secondary N) is 2. The largest absolute Gasteiger partial charge is 0.479 e. The Bertz CT molecular complexity index is 764. The molecule has 2 unspecified atom stereocenters. The lowest BCUT2D eigenvalue weighted by Gasteiger charge is -2.19. The van der Waals surface area contributed by atoms with Crippen LogP contribution in [0.5, 0.6) is 0 Å². The van der Waals surface area contributed by atoms with Gasteiger partial charge >= 0.3 is 5.97 Å². The number of carbonyl (C=O) groups is 2. The second kappa shape index (κ2) is 7.86. The molecule has 1 amide bonds. The molecule has 1 aromatic carbocycles. The van der Waals surface area contributed by atoms with Crippen molar-refractivity contribution in [2.75, 3.05) is 5.32 Å². The molecular formula is C16H16N4O5. The Morgan fingerprint density at radius 2 is 1.88 bits per heavy atom. The Labute approximate surface area is 142 Å². The number of hydrogen-bond acceptors (Lipinski definition) is 6. The highest BCUT2D eigenvalue weighted by atomic mass is 16.6. The zero-order valence-electron chi connectivity index (χ0n) is 13.2. The van der Waals surface area contributed by atoms with Gasteiger partial charge in [0.1, 0.15) is 18.1 Å². The van der Waals surface area contributed by atoms with Crippen molar-refractivity contribution in [3.8, 4) is 0 Å². The van der Waals surface area contributed by atoms with Gasteiger partial charge in [-0.05, 0) is 18.6 Å². The maximum Gasteiger partial charge on any atom is 0.330 e. The molecule has 2 atom stereocenters. The molecule has 0 aliphatic rings. The van der Waals surface area contributed by atoms with Gasteiger partial charge in [0.15, 0.2) is 6.04 Å². The van der Waals surface area contributed by atoms with Gasteiger partial charge in [0.2, 0.25) is 5.91 Å². The first kappa shape index (κ1) is 17.9. The number of aromatic nitrogens is 1. The Morgan fingerprint density at radius 3 is 2.40 bits per heavy atom. The zero-order valence-corrected chi connectivity index (χ0v) is 13.2. The lowest BCUT2D eigenvalue weighted by atomic mass is 10.1. The lowest BCUT2D eigenvalue weighted by Crippen LogP contribution is -2.42. The number of benzene rings is 1. The minimum absolute atomic E-state index is 0.169. The number of hydrogen-bond donors (Lipinski definition) is 3. The van der Waals surface area contributed by atoms with E-state index in [0.29, 0.717) is 5.56 Å². The third kappa shape index (κ3) is 4.74. The highest BCUT2D eigenvalue weighted by molar-refractivity contribution is 5.88. The van der Waals surface area contributed by atoms with Gasteiger partial charge in [0, 0.05) is 6.07 Å². The molecule has 130 valence electrons. The summed E-state index contributed by atoms with van der Waals surface area (Å²) in [5.41, 5.74) is 0.279. The van der Waals surface area contributed by atoms with Crippen molar-refractivity contribution in [3.05, 3.63) is 64.3 Å². The summed E-state index contributed by atoms with van der Waals surface area (Å²) >= 11 is 0. The van der Waals surface area contributed by atoms with E-state index in [2.05, 4.69) is 15.6 Å². The first-order valence-corrected chi connectivity index (χ1v) is 7.33. The number of aliphatic carboxylic acids is 1. The summed E-state index contributed by atoms with van der Waals surface area (Å²) in [5.74, 6) is -1.46. The number of carbonyl (C=O) groups excluding carboxylic acids is 1. The molecule has 3 N–H and O–H groups in total. The lowest BCUT2D eigenvalue weighted by molar-refractivity contribution is -0.385. The predicted molar refractivity (Wildman–Crippen MR) is 88.9 cm³/mol. The van der Waals surface area contributed by atoms with Crippen molar-refractivity contribution in [3.63, 3.8) is 0 Å². The van der Waals surface area contributed by atoms with Gasteiger partial charge in [0.05, 0.1) is 4.92 Å². The molecule has 0 aliphatic heterocycles. The standard InChI is InChI=1S/C16H16N4O5/c1-10(18-13-8-7-12(9-17-13)20(24)25)15(21)19-14(16(22)23)11-5-3-2-4-6-11/h2-10,14H,1H3,(H,17,18)(H,19,21)(H,22,23). The Balaban J connectivity index is 2.03. The van der Waals surface area contributed by atoms with Crippen LogP contribution in [0.3, 0.4) is 0 Å². The topological polar surface area (TPSA) is 134 Å².